The maximum Gasteiger partial charge on any atom is 0.241 e. The quantitative estimate of drug-likeness (QED) is 0.121. The molecule has 1 aromatic heterocycles. The fourth-order valence-electron chi connectivity index (χ4n) is 10.3. The standard InChI is InChI=1S/C65H46BNO2/c1-68-64-44-48(36-41-59(64)57-43-42-53(55-25-11-12-26-56(55)57)47-32-37-51(38-33-47)66(49-20-7-3-8-21-49)50-22-9-4-10-23-50)45-34-39-52(40-35-45)67(61-29-15-13-24-54(61)46-18-5-2-6-19-46)62-30-17-28-60-58-27-14-16-31-63(58)69-65(60)62/h2-44H,1H3. The van der Waals surface area contributed by atoms with Crippen LogP contribution in [0, 0.1) is 0 Å². The van der Waals surface area contributed by atoms with Crippen LogP contribution in [0.5, 0.6) is 5.75 Å². The van der Waals surface area contributed by atoms with Crippen molar-refractivity contribution in [2.45, 2.75) is 0 Å². The Hall–Kier alpha value is -8.86. The number of benzene rings is 11. The summed E-state index contributed by atoms with van der Waals surface area (Å²) in [6.07, 6.45) is 0. The third-order valence-corrected chi connectivity index (χ3v) is 13.5. The van der Waals surface area contributed by atoms with Crippen molar-refractivity contribution in [2.24, 2.45) is 0 Å². The van der Waals surface area contributed by atoms with E-state index in [2.05, 4.69) is 254 Å². The van der Waals surface area contributed by atoms with Gasteiger partial charge in [-0.15, -0.1) is 0 Å². The summed E-state index contributed by atoms with van der Waals surface area (Å²) in [6.45, 7) is 0.148. The normalized spacial score (nSPS) is 11.3. The Labute approximate surface area is 403 Å². The molecule has 0 aliphatic rings. The summed E-state index contributed by atoms with van der Waals surface area (Å²) in [7, 11) is 1.77. The molecule has 4 heteroatoms. The molecule has 0 fully saturated rings. The molecular weight excluding hydrogens is 838 g/mol. The van der Waals surface area contributed by atoms with Crippen LogP contribution in [0.3, 0.4) is 0 Å². The van der Waals surface area contributed by atoms with E-state index >= 15 is 0 Å². The van der Waals surface area contributed by atoms with Crippen molar-refractivity contribution in [1.29, 1.82) is 0 Å². The molecule has 0 unspecified atom stereocenters. The van der Waals surface area contributed by atoms with Crippen molar-refractivity contribution in [1.82, 2.24) is 0 Å². The number of rotatable bonds is 11. The molecule has 0 bridgehead atoms. The molecule has 0 saturated heterocycles. The minimum absolute atomic E-state index is 0.148. The third-order valence-electron chi connectivity index (χ3n) is 13.5. The summed E-state index contributed by atoms with van der Waals surface area (Å²) in [5, 5.41) is 4.56. The van der Waals surface area contributed by atoms with Crippen LogP contribution in [0.1, 0.15) is 0 Å². The lowest BCUT2D eigenvalue weighted by Crippen LogP contribution is -2.51. The molecule has 69 heavy (non-hydrogen) atoms. The monoisotopic (exact) mass is 883 g/mol. The van der Waals surface area contributed by atoms with Gasteiger partial charge in [0.1, 0.15) is 11.3 Å². The maximum absolute atomic E-state index is 6.66. The average Bonchev–Trinajstić information content (AvgIpc) is 3.82. The summed E-state index contributed by atoms with van der Waals surface area (Å²) >= 11 is 0. The largest absolute Gasteiger partial charge is 0.496 e. The van der Waals surface area contributed by atoms with Gasteiger partial charge in [-0.1, -0.05) is 241 Å². The van der Waals surface area contributed by atoms with Crippen molar-refractivity contribution in [3.8, 4) is 50.3 Å². The van der Waals surface area contributed by atoms with Crippen LogP contribution in [0.2, 0.25) is 0 Å². The molecule has 11 aromatic carbocycles. The molecule has 0 atom stereocenters. The second kappa shape index (κ2) is 18.1. The highest BCUT2D eigenvalue weighted by Gasteiger charge is 2.24. The van der Waals surface area contributed by atoms with Gasteiger partial charge in [-0.3, -0.25) is 0 Å². The predicted octanol–water partition coefficient (Wildman–Crippen LogP) is 15.4. The molecule has 0 spiro atoms. The fourth-order valence-corrected chi connectivity index (χ4v) is 10.3. The highest BCUT2D eigenvalue weighted by molar-refractivity contribution is 6.95. The molecule has 0 aliphatic carbocycles. The van der Waals surface area contributed by atoms with E-state index in [1.54, 1.807) is 7.11 Å². The second-order valence-corrected chi connectivity index (χ2v) is 17.5. The van der Waals surface area contributed by atoms with E-state index in [1.807, 2.05) is 12.1 Å². The molecular formula is C65H46BNO2. The van der Waals surface area contributed by atoms with Gasteiger partial charge in [0.15, 0.2) is 5.58 Å². The zero-order valence-corrected chi connectivity index (χ0v) is 38.2. The molecule has 0 saturated carbocycles. The first-order chi connectivity index (χ1) is 34.2. The van der Waals surface area contributed by atoms with E-state index in [0.29, 0.717) is 0 Å². The minimum atomic E-state index is 0.148. The van der Waals surface area contributed by atoms with E-state index in [4.69, 9.17) is 9.15 Å². The first kappa shape index (κ1) is 41.6. The first-order valence-corrected chi connectivity index (χ1v) is 23.6. The van der Waals surface area contributed by atoms with Gasteiger partial charge in [-0.25, -0.2) is 0 Å². The van der Waals surface area contributed by atoms with Gasteiger partial charge in [0.05, 0.1) is 18.5 Å². The molecule has 0 amide bonds. The molecule has 0 aliphatic heterocycles. The highest BCUT2D eigenvalue weighted by atomic mass is 16.5. The second-order valence-electron chi connectivity index (χ2n) is 17.5. The highest BCUT2D eigenvalue weighted by Crippen LogP contribution is 2.46. The predicted molar refractivity (Wildman–Crippen MR) is 292 cm³/mol. The Bertz CT molecular complexity index is 3720. The Balaban J connectivity index is 0.893. The summed E-state index contributed by atoms with van der Waals surface area (Å²) in [4.78, 5) is 2.33. The van der Waals surface area contributed by atoms with Gasteiger partial charge in [0, 0.05) is 27.6 Å². The lowest BCUT2D eigenvalue weighted by Gasteiger charge is -2.28. The van der Waals surface area contributed by atoms with Gasteiger partial charge in [0.2, 0.25) is 6.71 Å². The third kappa shape index (κ3) is 7.72. The van der Waals surface area contributed by atoms with Crippen LogP contribution in [0.4, 0.5) is 17.1 Å². The Morgan fingerprint density at radius 3 is 1.57 bits per heavy atom. The average molecular weight is 884 g/mol. The topological polar surface area (TPSA) is 25.6 Å². The number of fused-ring (bicyclic) bond motifs is 4. The van der Waals surface area contributed by atoms with Gasteiger partial charge >= 0.3 is 0 Å². The van der Waals surface area contributed by atoms with E-state index in [9.17, 15) is 0 Å². The van der Waals surface area contributed by atoms with Crippen LogP contribution in [0.15, 0.2) is 265 Å². The van der Waals surface area contributed by atoms with Crippen molar-refractivity contribution in [3.05, 3.63) is 261 Å². The number of para-hydroxylation sites is 3. The summed E-state index contributed by atoms with van der Waals surface area (Å²) in [5.41, 5.74) is 17.6. The summed E-state index contributed by atoms with van der Waals surface area (Å²) < 4.78 is 12.9. The number of anilines is 3. The van der Waals surface area contributed by atoms with Crippen molar-refractivity contribution >= 4 is 72.9 Å². The Morgan fingerprint density at radius 1 is 0.348 bits per heavy atom. The van der Waals surface area contributed by atoms with Crippen LogP contribution < -0.4 is 26.0 Å². The van der Waals surface area contributed by atoms with Crippen LogP contribution >= 0.6 is 0 Å². The SMILES string of the molecule is COc1cc(-c2ccc(N(c3ccccc3-c3ccccc3)c3cccc4c3oc3ccccc34)cc2)ccc1-c1ccc(-c2ccc(B(c3ccccc3)c3ccccc3)cc2)c2ccccc12. The Kier molecular flexibility index (Phi) is 10.9. The van der Waals surface area contributed by atoms with Crippen molar-refractivity contribution in [2.75, 3.05) is 12.0 Å². The Morgan fingerprint density at radius 2 is 0.855 bits per heavy atom. The lowest BCUT2D eigenvalue weighted by molar-refractivity contribution is 0.416. The summed E-state index contributed by atoms with van der Waals surface area (Å²) in [6, 6.07) is 93.2. The van der Waals surface area contributed by atoms with Crippen LogP contribution in [0.25, 0.3) is 77.2 Å². The van der Waals surface area contributed by atoms with E-state index in [0.717, 1.165) is 78.1 Å². The number of hydrogen-bond donors (Lipinski definition) is 0. The number of nitrogens with zero attached hydrogens (tertiary/aromatic N) is 1. The number of furan rings is 1. The minimum Gasteiger partial charge on any atom is -0.496 e. The lowest BCUT2D eigenvalue weighted by atomic mass is 9.37. The zero-order valence-electron chi connectivity index (χ0n) is 38.2. The maximum atomic E-state index is 6.66. The first-order valence-electron chi connectivity index (χ1n) is 23.6. The van der Waals surface area contributed by atoms with E-state index < -0.39 is 0 Å². The van der Waals surface area contributed by atoms with Crippen molar-refractivity contribution < 1.29 is 9.15 Å². The molecule has 12 rings (SSSR count). The molecule has 1 heterocycles. The van der Waals surface area contributed by atoms with E-state index in [-0.39, 0.29) is 6.71 Å². The number of methoxy groups -OCH3 is 1. The van der Waals surface area contributed by atoms with E-state index in [1.165, 1.54) is 38.3 Å². The summed E-state index contributed by atoms with van der Waals surface area (Å²) in [5.74, 6) is 0.821. The smallest absolute Gasteiger partial charge is 0.241 e. The fraction of sp³-hybridized carbons (Fsp3) is 0.0154. The number of ether oxygens (including phenoxy) is 1. The van der Waals surface area contributed by atoms with Gasteiger partial charge in [-0.05, 0) is 80.6 Å². The van der Waals surface area contributed by atoms with Crippen LogP contribution in [-0.4, -0.2) is 13.8 Å². The van der Waals surface area contributed by atoms with Gasteiger partial charge in [0.25, 0.3) is 0 Å². The molecule has 3 nitrogen and oxygen atoms in total. The molecule has 0 N–H and O–H groups in total. The molecule has 12 aromatic rings. The van der Waals surface area contributed by atoms with Crippen molar-refractivity contribution in [3.63, 3.8) is 0 Å². The van der Waals surface area contributed by atoms with Gasteiger partial charge < -0.3 is 14.1 Å². The van der Waals surface area contributed by atoms with Gasteiger partial charge in [-0.2, -0.15) is 0 Å². The molecule has 326 valence electrons. The van der Waals surface area contributed by atoms with Crippen LogP contribution in [-0.2, 0) is 0 Å². The zero-order chi connectivity index (χ0) is 46.1. The molecule has 0 radical (unpaired) electrons. The number of hydrogen-bond acceptors (Lipinski definition) is 3.